The van der Waals surface area contributed by atoms with Crippen molar-refractivity contribution < 1.29 is 0 Å². The molecule has 2 nitrogen and oxygen atoms in total. The van der Waals surface area contributed by atoms with Crippen LogP contribution < -0.4 is 5.19 Å². The quantitative estimate of drug-likeness (QED) is 0.503. The lowest BCUT2D eigenvalue weighted by atomic mass is 10.1. The van der Waals surface area contributed by atoms with Crippen LogP contribution in [0, 0.1) is 22.7 Å². The Morgan fingerprint density at radius 2 is 1.73 bits per heavy atom. The van der Waals surface area contributed by atoms with Crippen molar-refractivity contribution in [2.24, 2.45) is 0 Å². The van der Waals surface area contributed by atoms with Gasteiger partial charge in [-0.15, -0.1) is 0 Å². The Labute approximate surface area is 68.1 Å². The Hall–Kier alpha value is -1.58. The number of nitriles is 2. The van der Waals surface area contributed by atoms with Gasteiger partial charge in [-0.3, -0.25) is 0 Å². The number of hydrogen-bond donors (Lipinski definition) is 0. The minimum atomic E-state index is 0.403. The summed E-state index contributed by atoms with van der Waals surface area (Å²) in [6.07, 6.45) is 0. The normalized spacial score (nSPS) is 8.27. The van der Waals surface area contributed by atoms with E-state index in [4.69, 9.17) is 10.5 Å². The van der Waals surface area contributed by atoms with Gasteiger partial charge < -0.3 is 0 Å². The molecule has 1 aromatic rings. The molecular weight excluding hydrogens is 152 g/mol. The van der Waals surface area contributed by atoms with Crippen LogP contribution in [0.2, 0.25) is 0 Å². The first-order valence-corrected chi connectivity index (χ1v) is 3.44. The zero-order chi connectivity index (χ0) is 8.27. The van der Waals surface area contributed by atoms with E-state index in [1.807, 2.05) is 12.1 Å². The van der Waals surface area contributed by atoms with Crippen LogP contribution in [-0.4, -0.2) is 10.2 Å². The van der Waals surface area contributed by atoms with Crippen molar-refractivity contribution in [3.05, 3.63) is 29.3 Å². The van der Waals surface area contributed by atoms with Gasteiger partial charge in [-0.1, -0.05) is 11.3 Å². The minimum absolute atomic E-state index is 0.403. The first-order valence-electron chi connectivity index (χ1n) is 2.94. The third-order valence-corrected chi connectivity index (χ3v) is 1.57. The predicted molar refractivity (Wildman–Crippen MR) is 41.3 cm³/mol. The topological polar surface area (TPSA) is 47.6 Å². The van der Waals surface area contributed by atoms with Crippen LogP contribution in [0.15, 0.2) is 18.2 Å². The SMILES string of the molecule is N#Cc1ccc([Si])cc1C#N. The van der Waals surface area contributed by atoms with Gasteiger partial charge in [-0.2, -0.15) is 10.5 Å². The van der Waals surface area contributed by atoms with E-state index in [1.54, 1.807) is 18.2 Å². The Kier molecular flexibility index (Phi) is 2.05. The molecule has 0 saturated heterocycles. The first kappa shape index (κ1) is 7.52. The highest BCUT2D eigenvalue weighted by molar-refractivity contribution is 6.32. The maximum atomic E-state index is 8.55. The summed E-state index contributed by atoms with van der Waals surface area (Å²) < 4.78 is 0. The van der Waals surface area contributed by atoms with E-state index >= 15 is 0 Å². The molecule has 0 bridgehead atoms. The van der Waals surface area contributed by atoms with Crippen LogP contribution >= 0.6 is 0 Å². The summed E-state index contributed by atoms with van der Waals surface area (Å²) in [4.78, 5) is 0. The third-order valence-electron chi connectivity index (χ3n) is 1.26. The van der Waals surface area contributed by atoms with Crippen molar-refractivity contribution in [3.63, 3.8) is 0 Å². The van der Waals surface area contributed by atoms with E-state index in [2.05, 4.69) is 10.2 Å². The lowest BCUT2D eigenvalue weighted by molar-refractivity contribution is 1.44. The van der Waals surface area contributed by atoms with E-state index < -0.39 is 0 Å². The molecule has 0 heterocycles. The van der Waals surface area contributed by atoms with Crippen LogP contribution in [0.25, 0.3) is 0 Å². The standard InChI is InChI=1S/C8H3N2Si/c9-4-6-1-2-8(11)3-7(6)5-10/h1-3H. The predicted octanol–water partition coefficient (Wildman–Crippen LogP) is 0.224. The first-order chi connectivity index (χ1) is 5.27. The van der Waals surface area contributed by atoms with Crippen LogP contribution in [0.4, 0.5) is 0 Å². The summed E-state index contributed by atoms with van der Waals surface area (Å²) in [5.41, 5.74) is 0.814. The highest BCUT2D eigenvalue weighted by atomic mass is 28.1. The molecule has 0 aliphatic rings. The van der Waals surface area contributed by atoms with E-state index in [0.717, 1.165) is 5.19 Å². The number of benzene rings is 1. The van der Waals surface area contributed by atoms with Gasteiger partial charge in [-0.05, 0) is 12.1 Å². The molecule has 1 aromatic carbocycles. The smallest absolute Gasteiger partial charge is 0.101 e. The van der Waals surface area contributed by atoms with Gasteiger partial charge in [-0.25, -0.2) is 0 Å². The van der Waals surface area contributed by atoms with Gasteiger partial charge in [0.1, 0.15) is 12.1 Å². The Morgan fingerprint density at radius 1 is 1.09 bits per heavy atom. The highest BCUT2D eigenvalue weighted by Gasteiger charge is 1.98. The Morgan fingerprint density at radius 3 is 2.27 bits per heavy atom. The van der Waals surface area contributed by atoms with Crippen molar-refractivity contribution in [2.75, 3.05) is 0 Å². The summed E-state index contributed by atoms with van der Waals surface area (Å²) in [5, 5.41) is 17.9. The summed E-state index contributed by atoms with van der Waals surface area (Å²) >= 11 is 0. The molecule has 11 heavy (non-hydrogen) atoms. The third kappa shape index (κ3) is 1.46. The molecule has 0 atom stereocenters. The van der Waals surface area contributed by atoms with E-state index in [9.17, 15) is 0 Å². The van der Waals surface area contributed by atoms with Crippen LogP contribution in [0.1, 0.15) is 11.1 Å². The highest BCUT2D eigenvalue weighted by Crippen LogP contribution is 2.02. The van der Waals surface area contributed by atoms with Gasteiger partial charge in [0.2, 0.25) is 0 Å². The molecule has 1 rings (SSSR count). The van der Waals surface area contributed by atoms with E-state index in [-0.39, 0.29) is 0 Å². The average Bonchev–Trinajstić information content (AvgIpc) is 2.04. The van der Waals surface area contributed by atoms with Crippen LogP contribution in [-0.2, 0) is 0 Å². The molecular formula is C8H3N2Si. The summed E-state index contributed by atoms with van der Waals surface area (Å²) in [6, 6.07) is 8.83. The van der Waals surface area contributed by atoms with E-state index in [0.29, 0.717) is 11.1 Å². The van der Waals surface area contributed by atoms with Crippen molar-refractivity contribution in [2.45, 2.75) is 0 Å². The van der Waals surface area contributed by atoms with Gasteiger partial charge in [0.15, 0.2) is 0 Å². The zero-order valence-electron chi connectivity index (χ0n) is 5.63. The average molecular weight is 155 g/mol. The van der Waals surface area contributed by atoms with Crippen molar-refractivity contribution in [1.82, 2.24) is 0 Å². The largest absolute Gasteiger partial charge is 0.192 e. The fourth-order valence-electron chi connectivity index (χ4n) is 0.734. The Balaban J connectivity index is 3.34. The molecule has 0 aliphatic carbocycles. The lowest BCUT2D eigenvalue weighted by Crippen LogP contribution is -2.02. The lowest BCUT2D eigenvalue weighted by Gasteiger charge is -1.93. The maximum absolute atomic E-state index is 8.55. The summed E-state index contributed by atoms with van der Waals surface area (Å²) in [7, 11) is 3.25. The van der Waals surface area contributed by atoms with Crippen molar-refractivity contribution in [3.8, 4) is 12.1 Å². The summed E-state index contributed by atoms with van der Waals surface area (Å²) in [6.45, 7) is 0. The fourth-order valence-corrected chi connectivity index (χ4v) is 0.962. The van der Waals surface area contributed by atoms with Crippen molar-refractivity contribution >= 4 is 15.4 Å². The van der Waals surface area contributed by atoms with Crippen LogP contribution in [0.5, 0.6) is 0 Å². The molecule has 0 amide bonds. The fraction of sp³-hybridized carbons (Fsp3) is 0. The minimum Gasteiger partial charge on any atom is -0.192 e. The van der Waals surface area contributed by atoms with Crippen LogP contribution in [0.3, 0.4) is 0 Å². The van der Waals surface area contributed by atoms with Gasteiger partial charge >= 0.3 is 0 Å². The zero-order valence-corrected chi connectivity index (χ0v) is 6.63. The number of hydrogen-bond acceptors (Lipinski definition) is 2. The molecule has 0 saturated carbocycles. The molecule has 0 aromatic heterocycles. The second-order valence-corrected chi connectivity index (χ2v) is 2.56. The molecule has 0 N–H and O–H groups in total. The van der Waals surface area contributed by atoms with Gasteiger partial charge in [0.05, 0.1) is 21.4 Å². The molecule has 0 spiro atoms. The molecule has 0 unspecified atom stereocenters. The molecule has 0 aliphatic heterocycles. The number of nitrogens with zero attached hydrogens (tertiary/aromatic N) is 2. The maximum Gasteiger partial charge on any atom is 0.101 e. The second kappa shape index (κ2) is 3.00. The second-order valence-electron chi connectivity index (χ2n) is 1.98. The van der Waals surface area contributed by atoms with Gasteiger partial charge in [0.25, 0.3) is 0 Å². The molecule has 3 radical (unpaired) electrons. The monoisotopic (exact) mass is 155 g/mol. The van der Waals surface area contributed by atoms with E-state index in [1.165, 1.54) is 0 Å². The number of rotatable bonds is 0. The molecule has 0 fully saturated rings. The molecule has 3 heteroatoms. The summed E-state index contributed by atoms with van der Waals surface area (Å²) in [5.74, 6) is 0. The Bertz CT molecular complexity index is 357. The molecule has 49 valence electrons. The van der Waals surface area contributed by atoms with Crippen molar-refractivity contribution in [1.29, 1.82) is 10.5 Å². The van der Waals surface area contributed by atoms with Gasteiger partial charge in [0, 0.05) is 0 Å².